The van der Waals surface area contributed by atoms with Crippen molar-refractivity contribution in [3.63, 3.8) is 0 Å². The number of carbonyl (C=O) groups excluding carboxylic acids is 8. The van der Waals surface area contributed by atoms with Crippen molar-refractivity contribution in [2.45, 2.75) is 218 Å². The lowest BCUT2D eigenvalue weighted by Gasteiger charge is -2.56. The lowest BCUT2D eigenvalue weighted by atomic mass is 9.52. The highest BCUT2D eigenvalue weighted by Crippen LogP contribution is 2.60. The molecule has 0 aliphatic heterocycles. The van der Waals surface area contributed by atoms with E-state index >= 15 is 0 Å². The molecule has 26 nitrogen and oxygen atoms in total. The number of carbonyl (C=O) groups is 8. The highest BCUT2D eigenvalue weighted by molar-refractivity contribution is 6.31. The standard InChI is InChI=1S/C25H26ClFN4O3.2C25H29ClFN3O3.C23H26ClFN4O3/c1-16-11-24(31-22(32)15-34-19-4-5-20(26)21(27)10-19)6-8-25(16,9-7-24)23(33)30-14-18-3-2-17(12-28)13-29-18;1-16-5-10-28-18(11-16)14-29-23(32)25-8-6-24(7-9-25,13-17(25)2)30-22(31)15-33-19-3-4-20(26)21(27)12-19;1-16-3-4-18(28-13-16)14-29-23(32)25-9-7-24(8-10-25,12-17(25)2)30-22(31)15-33-19-5-6-20(26)21(27)11-19;1-15-11-22(29-20(30)14-32-17-2-3-18(24)19(25)10-17)4-6-23(15,7-5-22)21(31)28-13-16-12-26-8-9-27-16/h2-5,10,13,16H,6-9,11,14-15H2,1H3,(H,30,33)(H,31,32);3-5,10-12,17H,6-9,13-15H2,1-2H3,(H,29,32)(H,30,31);3-6,11,13,17H,7-10,12,14-15H2,1-2H3,(H,29,32)(H,30,31);2-3,8-10,12,15H,4-7,11,13-14H2,1H3,(H,28,31)(H,29,30). The van der Waals surface area contributed by atoms with Gasteiger partial charge in [-0.25, -0.2) is 17.6 Å². The first-order valence-corrected chi connectivity index (χ1v) is 46.1. The normalized spacial score (nSPS) is 25.9. The number of hydrogen-bond acceptors (Lipinski definition) is 18. The molecular formula is C98H110Cl4F4N14O12. The summed E-state index contributed by atoms with van der Waals surface area (Å²) >= 11 is 22.7. The first kappa shape index (κ1) is 98.2. The molecule has 8 N–H and O–H groups in total. The van der Waals surface area contributed by atoms with Crippen LogP contribution in [0.5, 0.6) is 23.0 Å². The molecule has 700 valence electrons. The Morgan fingerprint density at radius 2 is 0.659 bits per heavy atom. The maximum atomic E-state index is 13.6. The maximum absolute atomic E-state index is 13.6. The number of rotatable bonds is 28. The minimum Gasteiger partial charge on any atom is -0.484 e. The molecule has 12 aliphatic carbocycles. The van der Waals surface area contributed by atoms with Gasteiger partial charge in [0.2, 0.25) is 23.6 Å². The van der Waals surface area contributed by atoms with Crippen molar-refractivity contribution in [2.24, 2.45) is 45.3 Å². The molecule has 20 rings (SSSR count). The van der Waals surface area contributed by atoms with E-state index in [9.17, 15) is 55.9 Å². The van der Waals surface area contributed by atoms with Crippen LogP contribution in [0, 0.1) is 93.8 Å². The van der Waals surface area contributed by atoms with Gasteiger partial charge in [0.05, 0.1) is 102 Å². The van der Waals surface area contributed by atoms with Gasteiger partial charge in [-0.05, 0) is 256 Å². The van der Waals surface area contributed by atoms with Crippen LogP contribution in [0.4, 0.5) is 17.6 Å². The third-order valence-corrected chi connectivity index (χ3v) is 29.9. The Bertz CT molecular complexity index is 5560. The summed E-state index contributed by atoms with van der Waals surface area (Å²) in [6.45, 7) is 13.0. The van der Waals surface area contributed by atoms with Crippen LogP contribution in [0.25, 0.3) is 0 Å². The van der Waals surface area contributed by atoms with Crippen molar-refractivity contribution in [2.75, 3.05) is 26.4 Å². The molecule has 4 atom stereocenters. The van der Waals surface area contributed by atoms with Crippen molar-refractivity contribution >= 4 is 93.7 Å². The zero-order valence-corrected chi connectivity index (χ0v) is 77.6. The van der Waals surface area contributed by atoms with Crippen molar-refractivity contribution in [3.8, 4) is 29.1 Å². The summed E-state index contributed by atoms with van der Waals surface area (Å²) in [4.78, 5) is 124. The Morgan fingerprint density at radius 3 is 0.924 bits per heavy atom. The van der Waals surface area contributed by atoms with Crippen LogP contribution in [0.2, 0.25) is 20.1 Å². The monoisotopic (exact) mass is 1890 g/mol. The van der Waals surface area contributed by atoms with Gasteiger partial charge in [0, 0.05) is 77.4 Å². The van der Waals surface area contributed by atoms with E-state index in [1.54, 1.807) is 43.1 Å². The number of pyridine rings is 3. The summed E-state index contributed by atoms with van der Waals surface area (Å²) in [6.07, 6.45) is 24.4. The number of amides is 8. The van der Waals surface area contributed by atoms with Crippen molar-refractivity contribution < 1.29 is 74.9 Å². The zero-order chi connectivity index (χ0) is 94.4. The van der Waals surface area contributed by atoms with Crippen LogP contribution in [0.3, 0.4) is 0 Å². The maximum Gasteiger partial charge on any atom is 0.258 e. The molecule has 12 aliphatic rings. The fourth-order valence-corrected chi connectivity index (χ4v) is 21.5. The molecule has 4 heterocycles. The van der Waals surface area contributed by atoms with Gasteiger partial charge in [0.15, 0.2) is 26.4 Å². The molecule has 12 fully saturated rings. The van der Waals surface area contributed by atoms with Gasteiger partial charge in [0.25, 0.3) is 23.6 Å². The minimum atomic E-state index is -0.601. The van der Waals surface area contributed by atoms with E-state index in [1.807, 2.05) is 44.2 Å². The fraction of sp³-hybridized carbons (Fsp3) is 0.469. The molecule has 34 heteroatoms. The van der Waals surface area contributed by atoms with Crippen LogP contribution < -0.4 is 61.5 Å². The van der Waals surface area contributed by atoms with Gasteiger partial charge in [0.1, 0.15) is 52.3 Å². The predicted octanol–water partition coefficient (Wildman–Crippen LogP) is 16.0. The lowest BCUT2D eigenvalue weighted by molar-refractivity contribution is -0.147. The molecule has 4 aromatic carbocycles. The second-order valence-corrected chi connectivity index (χ2v) is 38.7. The molecule has 132 heavy (non-hydrogen) atoms. The summed E-state index contributed by atoms with van der Waals surface area (Å²) in [6, 6.07) is 29.6. The third kappa shape index (κ3) is 23.5. The van der Waals surface area contributed by atoms with E-state index in [0.717, 1.165) is 136 Å². The molecule has 8 amide bonds. The van der Waals surface area contributed by atoms with Gasteiger partial charge >= 0.3 is 0 Å². The van der Waals surface area contributed by atoms with Gasteiger partial charge < -0.3 is 61.5 Å². The Labute approximate surface area is 784 Å². The molecule has 0 spiro atoms. The van der Waals surface area contributed by atoms with Crippen LogP contribution in [0.15, 0.2) is 146 Å². The molecule has 12 saturated carbocycles. The molecule has 4 aromatic heterocycles. The van der Waals surface area contributed by atoms with Crippen molar-refractivity contribution in [1.82, 2.24) is 67.5 Å². The average Bonchev–Trinajstić information content (AvgIpc) is 0.749. The molecule has 8 bridgehead atoms. The summed E-state index contributed by atoms with van der Waals surface area (Å²) < 4.78 is 75.9. The van der Waals surface area contributed by atoms with E-state index in [1.165, 1.54) is 54.7 Å². The zero-order valence-electron chi connectivity index (χ0n) is 74.6. The number of nitrogens with one attached hydrogen (secondary N) is 8. The first-order chi connectivity index (χ1) is 63.0. The topological polar surface area (TPSA) is 358 Å². The van der Waals surface area contributed by atoms with Crippen LogP contribution >= 0.6 is 46.4 Å². The Morgan fingerprint density at radius 1 is 0.356 bits per heavy atom. The molecule has 0 radical (unpaired) electrons. The predicted molar refractivity (Wildman–Crippen MR) is 486 cm³/mol. The second-order valence-electron chi connectivity index (χ2n) is 37.0. The number of hydrogen-bond donors (Lipinski definition) is 8. The second kappa shape index (κ2) is 42.3. The van der Waals surface area contributed by atoms with E-state index in [2.05, 4.69) is 95.1 Å². The van der Waals surface area contributed by atoms with E-state index in [-0.39, 0.29) is 163 Å². The number of aryl methyl sites for hydroxylation is 2. The average molecular weight is 1890 g/mol. The summed E-state index contributed by atoms with van der Waals surface area (Å²) in [5.41, 5.74) is 2.73. The van der Waals surface area contributed by atoms with Gasteiger partial charge in [-0.15, -0.1) is 0 Å². The third-order valence-electron chi connectivity index (χ3n) is 28.7. The molecule has 0 saturated heterocycles. The highest BCUT2D eigenvalue weighted by Gasteiger charge is 2.61. The summed E-state index contributed by atoms with van der Waals surface area (Å²) in [5, 5.41) is 33.6. The van der Waals surface area contributed by atoms with Gasteiger partial charge in [-0.3, -0.25) is 63.3 Å². The number of halogens is 8. The lowest BCUT2D eigenvalue weighted by Crippen LogP contribution is -2.63. The van der Waals surface area contributed by atoms with E-state index in [0.29, 0.717) is 82.4 Å². The highest BCUT2D eigenvalue weighted by atomic mass is 35.5. The molecule has 4 unspecified atom stereocenters. The SMILES string of the molecule is CC1CC2(NC(=O)COc3ccc(Cl)c(F)c3)CCC1(C(=O)NCc1ccc(C#N)cn1)CC2.CC1CC2(NC(=O)COc3ccc(Cl)c(F)c3)CCC1(C(=O)NCc1cnccn1)CC2.Cc1ccc(CNC(=O)C23CCC(NC(=O)COc4ccc(Cl)c(F)c4)(CC2)CC3C)nc1.Cc1ccnc(CNC(=O)C23CCC(NC(=O)COc4ccc(Cl)c(F)c4)(CC2)CC3C)c1. The summed E-state index contributed by atoms with van der Waals surface area (Å²) in [5.74, 6) is -1.70. The van der Waals surface area contributed by atoms with Crippen molar-refractivity contribution in [3.05, 3.63) is 229 Å². The number of aromatic nitrogens is 5. The van der Waals surface area contributed by atoms with Gasteiger partial charge in [-0.2, -0.15) is 5.26 Å². The van der Waals surface area contributed by atoms with E-state index < -0.39 is 44.9 Å². The quantitative estimate of drug-likeness (QED) is 0.0211. The Kier molecular flexibility index (Phi) is 31.5. The summed E-state index contributed by atoms with van der Waals surface area (Å²) in [7, 11) is 0. The van der Waals surface area contributed by atoms with Crippen molar-refractivity contribution in [1.29, 1.82) is 5.26 Å². The number of fused-ring (bicyclic) bond motifs is 12. The largest absolute Gasteiger partial charge is 0.484 e. The Balaban J connectivity index is 0.000000150. The number of benzene rings is 4. The number of nitriles is 1. The Hall–Kier alpha value is -11.3. The van der Waals surface area contributed by atoms with Crippen LogP contribution in [-0.2, 0) is 64.5 Å². The van der Waals surface area contributed by atoms with Gasteiger partial charge in [-0.1, -0.05) is 80.2 Å². The smallest absolute Gasteiger partial charge is 0.258 e. The fourth-order valence-electron chi connectivity index (χ4n) is 21.0. The van der Waals surface area contributed by atoms with Crippen LogP contribution in [0.1, 0.15) is 196 Å². The first-order valence-electron chi connectivity index (χ1n) is 44.6. The molecule has 8 aromatic rings. The van der Waals surface area contributed by atoms with Crippen LogP contribution in [-0.4, -0.2) is 121 Å². The number of nitrogens with zero attached hydrogens (tertiary/aromatic N) is 6. The van der Waals surface area contributed by atoms with E-state index in [4.69, 9.17) is 70.6 Å². The minimum absolute atomic E-state index is 0.00306. The molecular weight excluding hydrogens is 1780 g/mol. The number of ether oxygens (including phenoxy) is 4.